The fourth-order valence-corrected chi connectivity index (χ4v) is 2.98. The van der Waals surface area contributed by atoms with E-state index >= 15 is 0 Å². The van der Waals surface area contributed by atoms with E-state index in [9.17, 15) is 0 Å². The molecule has 0 aromatic heterocycles. The molecule has 1 saturated carbocycles. The van der Waals surface area contributed by atoms with Gasteiger partial charge in [-0.3, -0.25) is 0 Å². The summed E-state index contributed by atoms with van der Waals surface area (Å²) < 4.78 is 0. The fourth-order valence-electron chi connectivity index (χ4n) is 2.98. The predicted molar refractivity (Wildman–Crippen MR) is 67.4 cm³/mol. The van der Waals surface area contributed by atoms with Gasteiger partial charge in [-0.15, -0.1) is 0 Å². The average Bonchev–Trinajstić information content (AvgIpc) is 2.28. The van der Waals surface area contributed by atoms with E-state index in [0.717, 1.165) is 23.5 Å². The second-order valence-electron chi connectivity index (χ2n) is 6.01. The predicted octanol–water partition coefficient (Wildman–Crippen LogP) is 4.28. The molecule has 0 spiro atoms. The first-order valence-electron chi connectivity index (χ1n) is 6.59. The third-order valence-electron chi connectivity index (χ3n) is 3.88. The zero-order valence-electron chi connectivity index (χ0n) is 10.6. The minimum atomic E-state index is 0.899. The van der Waals surface area contributed by atoms with Gasteiger partial charge in [0, 0.05) is 0 Å². The molecule has 0 radical (unpaired) electrons. The molecular weight excluding hydrogens is 167 g/mol. The van der Waals surface area contributed by atoms with Crippen molar-refractivity contribution in [1.29, 1.82) is 0 Å². The summed E-state index contributed by atoms with van der Waals surface area (Å²) in [6.45, 7) is 9.52. The van der Waals surface area contributed by atoms with Crippen molar-refractivity contribution in [2.45, 2.75) is 71.4 Å². The summed E-state index contributed by atoms with van der Waals surface area (Å²) in [5, 5.41) is 0. The van der Waals surface area contributed by atoms with Gasteiger partial charge >= 0.3 is 0 Å². The fraction of sp³-hybridized carbons (Fsp3) is 1.00. The first kappa shape index (κ1) is 12.1. The highest BCUT2D eigenvalue weighted by atomic mass is 14.2. The third-order valence-corrected chi connectivity index (χ3v) is 3.88. The second kappa shape index (κ2) is 5.83. The molecule has 1 aliphatic rings. The van der Waals surface area contributed by atoms with Crippen molar-refractivity contribution in [2.75, 3.05) is 0 Å². The third kappa shape index (κ3) is 4.06. The molecule has 0 aromatic carbocycles. The SMILES string of the molecule is CC(C)BC1CCCC(C(C)C)CC1. The van der Waals surface area contributed by atoms with E-state index in [0.29, 0.717) is 0 Å². The van der Waals surface area contributed by atoms with Crippen LogP contribution in [-0.4, -0.2) is 7.28 Å². The summed E-state index contributed by atoms with van der Waals surface area (Å²) >= 11 is 0. The highest BCUT2D eigenvalue weighted by molar-refractivity contribution is 6.39. The Labute approximate surface area is 91.1 Å². The molecular formula is C13H27B. The Hall–Kier alpha value is 0.0649. The molecule has 0 aliphatic heterocycles. The van der Waals surface area contributed by atoms with Gasteiger partial charge < -0.3 is 0 Å². The van der Waals surface area contributed by atoms with Gasteiger partial charge in [0.15, 0.2) is 0 Å². The molecule has 82 valence electrons. The Kier molecular flexibility index (Phi) is 5.05. The normalized spacial score (nSPS) is 29.3. The lowest BCUT2D eigenvalue weighted by Crippen LogP contribution is -2.08. The van der Waals surface area contributed by atoms with Crippen molar-refractivity contribution in [2.24, 2.45) is 11.8 Å². The van der Waals surface area contributed by atoms with Gasteiger partial charge in [0.05, 0.1) is 0 Å². The Morgan fingerprint density at radius 3 is 2.21 bits per heavy atom. The van der Waals surface area contributed by atoms with Crippen molar-refractivity contribution < 1.29 is 0 Å². The van der Waals surface area contributed by atoms with Crippen molar-refractivity contribution in [1.82, 2.24) is 0 Å². The van der Waals surface area contributed by atoms with Crippen LogP contribution in [0, 0.1) is 11.8 Å². The van der Waals surface area contributed by atoms with Crippen molar-refractivity contribution in [3.63, 3.8) is 0 Å². The van der Waals surface area contributed by atoms with E-state index in [1.54, 1.807) is 0 Å². The number of hydrogen-bond acceptors (Lipinski definition) is 0. The van der Waals surface area contributed by atoms with Crippen molar-refractivity contribution in [3.05, 3.63) is 0 Å². The van der Waals surface area contributed by atoms with Crippen LogP contribution in [0.3, 0.4) is 0 Å². The molecule has 0 saturated heterocycles. The van der Waals surface area contributed by atoms with Crippen LogP contribution in [0.1, 0.15) is 59.8 Å². The van der Waals surface area contributed by atoms with Crippen molar-refractivity contribution >= 4 is 7.28 Å². The number of rotatable bonds is 3. The van der Waals surface area contributed by atoms with Gasteiger partial charge in [0.1, 0.15) is 7.28 Å². The quantitative estimate of drug-likeness (QED) is 0.464. The Morgan fingerprint density at radius 1 is 0.929 bits per heavy atom. The zero-order valence-corrected chi connectivity index (χ0v) is 10.6. The van der Waals surface area contributed by atoms with Crippen LogP contribution in [0.25, 0.3) is 0 Å². The van der Waals surface area contributed by atoms with Gasteiger partial charge in [-0.25, -0.2) is 0 Å². The lowest BCUT2D eigenvalue weighted by Gasteiger charge is -2.18. The Bertz CT molecular complexity index is 151. The minimum absolute atomic E-state index is 0.899. The maximum Gasteiger partial charge on any atom is 0.126 e. The molecule has 1 fully saturated rings. The van der Waals surface area contributed by atoms with Gasteiger partial charge in [0.25, 0.3) is 0 Å². The molecule has 1 heteroatoms. The van der Waals surface area contributed by atoms with E-state index in [-0.39, 0.29) is 0 Å². The summed E-state index contributed by atoms with van der Waals surface area (Å²) in [7, 11) is 1.46. The van der Waals surface area contributed by atoms with E-state index in [1.807, 2.05) is 0 Å². The molecule has 0 amide bonds. The standard InChI is InChI=1S/C13H27B/c1-10(2)12-6-5-7-13(9-8-12)14-11(3)4/h10-14H,5-9H2,1-4H3. The molecule has 1 rings (SSSR count). The largest absolute Gasteiger partial charge is 0.126 e. The second-order valence-corrected chi connectivity index (χ2v) is 6.01. The van der Waals surface area contributed by atoms with E-state index in [2.05, 4.69) is 27.7 Å². The van der Waals surface area contributed by atoms with Gasteiger partial charge in [0.2, 0.25) is 0 Å². The smallest absolute Gasteiger partial charge is 0.0710 e. The molecule has 14 heavy (non-hydrogen) atoms. The highest BCUT2D eigenvalue weighted by Gasteiger charge is 2.21. The van der Waals surface area contributed by atoms with Gasteiger partial charge in [-0.1, -0.05) is 71.4 Å². The van der Waals surface area contributed by atoms with Crippen LogP contribution in [0.2, 0.25) is 11.6 Å². The lowest BCUT2D eigenvalue weighted by atomic mass is 9.54. The van der Waals surface area contributed by atoms with Gasteiger partial charge in [-0.05, 0) is 11.8 Å². The molecule has 0 bridgehead atoms. The summed E-state index contributed by atoms with van der Waals surface area (Å²) in [5.74, 6) is 3.87. The topological polar surface area (TPSA) is 0 Å². The van der Waals surface area contributed by atoms with Crippen LogP contribution in [0.5, 0.6) is 0 Å². The molecule has 0 heterocycles. The van der Waals surface area contributed by atoms with E-state index in [4.69, 9.17) is 0 Å². The molecule has 2 atom stereocenters. The minimum Gasteiger partial charge on any atom is -0.0710 e. The van der Waals surface area contributed by atoms with Crippen LogP contribution < -0.4 is 0 Å². The Balaban J connectivity index is 2.33. The van der Waals surface area contributed by atoms with Crippen LogP contribution in [-0.2, 0) is 0 Å². The van der Waals surface area contributed by atoms with Crippen LogP contribution in [0.4, 0.5) is 0 Å². The van der Waals surface area contributed by atoms with E-state index < -0.39 is 0 Å². The van der Waals surface area contributed by atoms with E-state index in [1.165, 1.54) is 39.4 Å². The van der Waals surface area contributed by atoms with Crippen LogP contribution in [0.15, 0.2) is 0 Å². The van der Waals surface area contributed by atoms with Crippen molar-refractivity contribution in [3.8, 4) is 0 Å². The maximum absolute atomic E-state index is 2.40. The summed E-state index contributed by atoms with van der Waals surface area (Å²) in [6.07, 6.45) is 7.48. The average molecular weight is 194 g/mol. The highest BCUT2D eigenvalue weighted by Crippen LogP contribution is 2.35. The summed E-state index contributed by atoms with van der Waals surface area (Å²) in [4.78, 5) is 0. The molecule has 0 nitrogen and oxygen atoms in total. The number of hydrogen-bond donors (Lipinski definition) is 0. The molecule has 2 unspecified atom stereocenters. The zero-order chi connectivity index (χ0) is 10.6. The monoisotopic (exact) mass is 194 g/mol. The van der Waals surface area contributed by atoms with Gasteiger partial charge in [-0.2, -0.15) is 0 Å². The molecule has 0 N–H and O–H groups in total. The van der Waals surface area contributed by atoms with Crippen LogP contribution >= 0.6 is 0 Å². The first-order chi connectivity index (χ1) is 6.59. The molecule has 1 aliphatic carbocycles. The lowest BCUT2D eigenvalue weighted by molar-refractivity contribution is 0.342. The summed E-state index contributed by atoms with van der Waals surface area (Å²) in [5.41, 5.74) is 0. The molecule has 0 aromatic rings. The maximum atomic E-state index is 2.40. The summed E-state index contributed by atoms with van der Waals surface area (Å²) in [6, 6.07) is 0. The first-order valence-corrected chi connectivity index (χ1v) is 6.59. The Morgan fingerprint density at radius 2 is 1.64 bits per heavy atom.